The van der Waals surface area contributed by atoms with Crippen LogP contribution >= 0.6 is 35.0 Å². The second-order valence-corrected chi connectivity index (χ2v) is 7.84. The lowest BCUT2D eigenvalue weighted by molar-refractivity contribution is 0.293. The van der Waals surface area contributed by atoms with Gasteiger partial charge in [0.15, 0.2) is 23.0 Å². The molecule has 27 heavy (non-hydrogen) atoms. The molecule has 0 spiro atoms. The zero-order valence-electron chi connectivity index (χ0n) is 15.4. The molecule has 0 saturated carbocycles. The molecular formula is C20H24Cl2O4S. The van der Waals surface area contributed by atoms with Crippen molar-refractivity contribution >= 4 is 35.0 Å². The predicted octanol–water partition coefficient (Wildman–Crippen LogP) is 5.11. The van der Waals surface area contributed by atoms with Crippen LogP contribution in [0.2, 0.25) is 0 Å². The van der Waals surface area contributed by atoms with E-state index in [1.54, 1.807) is 26.0 Å². The Balaban J connectivity index is 1.88. The highest BCUT2D eigenvalue weighted by Crippen LogP contribution is 2.30. The maximum atomic E-state index is 6.14. The van der Waals surface area contributed by atoms with E-state index in [2.05, 4.69) is 0 Å². The summed E-state index contributed by atoms with van der Waals surface area (Å²) < 4.78 is 22.4. The Morgan fingerprint density at radius 3 is 1.41 bits per heavy atom. The van der Waals surface area contributed by atoms with Crippen LogP contribution < -0.4 is 18.9 Å². The Labute approximate surface area is 175 Å². The van der Waals surface area contributed by atoms with Crippen LogP contribution in [0.15, 0.2) is 48.5 Å². The van der Waals surface area contributed by atoms with Crippen molar-refractivity contribution in [1.29, 1.82) is 0 Å². The van der Waals surface area contributed by atoms with E-state index < -0.39 is 0 Å². The minimum atomic E-state index is 0.0709. The molecule has 0 saturated heterocycles. The monoisotopic (exact) mass is 430 g/mol. The Kier molecular flexibility index (Phi) is 9.81. The SMILES string of the molecule is COc1ccccc1OCC(CCl)SC(CCl)COc1ccccc1OC. The molecule has 0 N–H and O–H groups in total. The van der Waals surface area contributed by atoms with Crippen molar-refractivity contribution in [1.82, 2.24) is 0 Å². The van der Waals surface area contributed by atoms with Crippen molar-refractivity contribution in [3.63, 3.8) is 0 Å². The lowest BCUT2D eigenvalue weighted by Crippen LogP contribution is -2.25. The van der Waals surface area contributed by atoms with E-state index in [9.17, 15) is 0 Å². The van der Waals surface area contributed by atoms with Crippen LogP contribution in [0.3, 0.4) is 0 Å². The van der Waals surface area contributed by atoms with Crippen molar-refractivity contribution < 1.29 is 18.9 Å². The van der Waals surface area contributed by atoms with Crippen LogP contribution in [0, 0.1) is 0 Å². The van der Waals surface area contributed by atoms with E-state index in [1.807, 2.05) is 48.5 Å². The number of ether oxygens (including phenoxy) is 4. The second kappa shape index (κ2) is 12.1. The molecule has 0 bridgehead atoms. The van der Waals surface area contributed by atoms with Gasteiger partial charge in [0, 0.05) is 11.8 Å². The van der Waals surface area contributed by atoms with Gasteiger partial charge in [-0.3, -0.25) is 0 Å². The quantitative estimate of drug-likeness (QED) is 0.437. The Hall–Kier alpha value is -1.43. The maximum absolute atomic E-state index is 6.14. The molecule has 0 aromatic heterocycles. The van der Waals surface area contributed by atoms with E-state index in [4.69, 9.17) is 42.1 Å². The van der Waals surface area contributed by atoms with Crippen LogP contribution in [-0.4, -0.2) is 49.7 Å². The minimum absolute atomic E-state index is 0.0709. The molecule has 2 atom stereocenters. The number of methoxy groups -OCH3 is 2. The van der Waals surface area contributed by atoms with E-state index in [0.717, 1.165) is 0 Å². The van der Waals surface area contributed by atoms with Crippen molar-refractivity contribution in [3.05, 3.63) is 48.5 Å². The second-order valence-electron chi connectivity index (χ2n) is 5.61. The lowest BCUT2D eigenvalue weighted by atomic mass is 10.3. The molecule has 7 heteroatoms. The molecule has 0 aliphatic rings. The van der Waals surface area contributed by atoms with Gasteiger partial charge in [-0.15, -0.1) is 35.0 Å². The van der Waals surface area contributed by atoms with Gasteiger partial charge in [0.2, 0.25) is 0 Å². The molecule has 0 aliphatic carbocycles. The minimum Gasteiger partial charge on any atom is -0.493 e. The van der Waals surface area contributed by atoms with Crippen LogP contribution in [-0.2, 0) is 0 Å². The number of halogens is 2. The largest absolute Gasteiger partial charge is 0.493 e. The van der Waals surface area contributed by atoms with Gasteiger partial charge < -0.3 is 18.9 Å². The summed E-state index contributed by atoms with van der Waals surface area (Å²) in [4.78, 5) is 0. The number of para-hydroxylation sites is 4. The van der Waals surface area contributed by atoms with Gasteiger partial charge in [0.05, 0.1) is 24.7 Å². The molecule has 2 unspecified atom stereocenters. The topological polar surface area (TPSA) is 36.9 Å². The fourth-order valence-corrected chi connectivity index (χ4v) is 3.95. The van der Waals surface area contributed by atoms with Gasteiger partial charge in [0.1, 0.15) is 13.2 Å². The molecule has 148 valence electrons. The summed E-state index contributed by atoms with van der Waals surface area (Å²) in [5, 5.41) is 0.142. The lowest BCUT2D eigenvalue weighted by Gasteiger charge is -2.22. The standard InChI is InChI=1S/C20H24Cl2O4S/c1-23-17-7-3-5-9-19(17)25-13-15(11-21)27-16(12-22)14-26-20-10-6-4-8-18(20)24-2/h3-10,15-16H,11-14H2,1-2H3. The summed E-state index contributed by atoms with van der Waals surface area (Å²) in [6.07, 6.45) is 0. The number of hydrogen-bond acceptors (Lipinski definition) is 5. The first-order valence-electron chi connectivity index (χ1n) is 8.50. The van der Waals surface area contributed by atoms with Gasteiger partial charge >= 0.3 is 0 Å². The molecule has 2 aromatic carbocycles. The summed E-state index contributed by atoms with van der Waals surface area (Å²) in [7, 11) is 3.24. The maximum Gasteiger partial charge on any atom is 0.161 e. The summed E-state index contributed by atoms with van der Waals surface area (Å²) in [6.45, 7) is 0.910. The average molecular weight is 431 g/mol. The highest BCUT2D eigenvalue weighted by Gasteiger charge is 2.19. The van der Waals surface area contributed by atoms with Crippen molar-refractivity contribution in [3.8, 4) is 23.0 Å². The number of hydrogen-bond donors (Lipinski definition) is 0. The fourth-order valence-electron chi connectivity index (χ4n) is 2.35. The molecule has 2 rings (SSSR count). The molecular weight excluding hydrogens is 407 g/mol. The first-order valence-corrected chi connectivity index (χ1v) is 10.5. The van der Waals surface area contributed by atoms with Crippen LogP contribution in [0.4, 0.5) is 0 Å². The van der Waals surface area contributed by atoms with Crippen LogP contribution in [0.1, 0.15) is 0 Å². The first kappa shape index (κ1) is 21.9. The zero-order chi connectivity index (χ0) is 19.5. The number of benzene rings is 2. The first-order chi connectivity index (χ1) is 13.2. The van der Waals surface area contributed by atoms with Gasteiger partial charge in [-0.1, -0.05) is 24.3 Å². The van der Waals surface area contributed by atoms with Gasteiger partial charge in [-0.25, -0.2) is 0 Å². The summed E-state index contributed by atoms with van der Waals surface area (Å²) >= 11 is 13.9. The van der Waals surface area contributed by atoms with Gasteiger partial charge in [-0.2, -0.15) is 0 Å². The summed E-state index contributed by atoms with van der Waals surface area (Å²) in [5.41, 5.74) is 0. The van der Waals surface area contributed by atoms with E-state index >= 15 is 0 Å². The third-order valence-electron chi connectivity index (χ3n) is 3.72. The average Bonchev–Trinajstić information content (AvgIpc) is 2.73. The van der Waals surface area contributed by atoms with Crippen molar-refractivity contribution in [2.75, 3.05) is 39.2 Å². The summed E-state index contributed by atoms with van der Waals surface area (Å²) in [5.74, 6) is 3.68. The molecule has 0 fully saturated rings. The zero-order valence-corrected chi connectivity index (χ0v) is 17.7. The molecule has 4 nitrogen and oxygen atoms in total. The molecule has 0 amide bonds. The summed E-state index contributed by atoms with van der Waals surface area (Å²) in [6, 6.07) is 15.1. The van der Waals surface area contributed by atoms with Gasteiger partial charge in [-0.05, 0) is 24.3 Å². The number of alkyl halides is 2. The smallest absolute Gasteiger partial charge is 0.161 e. The third kappa shape index (κ3) is 6.91. The third-order valence-corrected chi connectivity index (χ3v) is 6.20. The predicted molar refractivity (Wildman–Crippen MR) is 114 cm³/mol. The van der Waals surface area contributed by atoms with Crippen LogP contribution in [0.25, 0.3) is 0 Å². The van der Waals surface area contributed by atoms with E-state index in [-0.39, 0.29) is 10.5 Å². The molecule has 0 radical (unpaired) electrons. The van der Waals surface area contributed by atoms with Crippen molar-refractivity contribution in [2.24, 2.45) is 0 Å². The van der Waals surface area contributed by atoms with Crippen LogP contribution in [0.5, 0.6) is 23.0 Å². The van der Waals surface area contributed by atoms with Gasteiger partial charge in [0.25, 0.3) is 0 Å². The fraction of sp³-hybridized carbons (Fsp3) is 0.400. The highest BCUT2D eigenvalue weighted by molar-refractivity contribution is 8.00. The van der Waals surface area contributed by atoms with Crippen molar-refractivity contribution in [2.45, 2.75) is 10.5 Å². The normalized spacial score (nSPS) is 12.9. The van der Waals surface area contributed by atoms with E-state index in [0.29, 0.717) is 48.0 Å². The van der Waals surface area contributed by atoms with E-state index in [1.165, 1.54) is 0 Å². The number of thioether (sulfide) groups is 1. The molecule has 0 aliphatic heterocycles. The number of rotatable bonds is 12. The molecule has 2 aromatic rings. The Morgan fingerprint density at radius 1 is 0.704 bits per heavy atom. The Morgan fingerprint density at radius 2 is 1.07 bits per heavy atom. The molecule has 0 heterocycles. The Bertz CT molecular complexity index is 629. The highest BCUT2D eigenvalue weighted by atomic mass is 35.5.